The third-order valence-corrected chi connectivity index (χ3v) is 3.97. The van der Waals surface area contributed by atoms with Crippen molar-refractivity contribution in [3.05, 3.63) is 30.1 Å². The molecule has 2 heterocycles. The van der Waals surface area contributed by atoms with Crippen molar-refractivity contribution in [3.8, 4) is 0 Å². The Morgan fingerprint density at radius 3 is 2.95 bits per heavy atom. The average Bonchev–Trinajstić information content (AvgIpc) is 2.49. The highest BCUT2D eigenvalue weighted by molar-refractivity contribution is 5.12. The summed E-state index contributed by atoms with van der Waals surface area (Å²) in [6.07, 6.45) is 3.89. The molecular weight excluding hydrogens is 238 g/mol. The Kier molecular flexibility index (Phi) is 5.31. The molecule has 3 unspecified atom stereocenters. The van der Waals surface area contributed by atoms with Crippen molar-refractivity contribution >= 4 is 0 Å². The molecule has 1 aliphatic rings. The number of ether oxygens (including phenoxy) is 1. The van der Waals surface area contributed by atoms with Gasteiger partial charge in [0.2, 0.25) is 0 Å². The minimum atomic E-state index is 0.113. The minimum absolute atomic E-state index is 0.113. The van der Waals surface area contributed by atoms with Crippen LogP contribution in [-0.4, -0.2) is 41.7 Å². The average molecular weight is 263 g/mol. The molecule has 1 aromatic rings. The van der Waals surface area contributed by atoms with Gasteiger partial charge in [0, 0.05) is 24.8 Å². The quantitative estimate of drug-likeness (QED) is 0.882. The van der Waals surface area contributed by atoms with Crippen LogP contribution in [0.3, 0.4) is 0 Å². The smallest absolute Gasteiger partial charge is 0.0677 e. The molecule has 0 amide bonds. The molecule has 0 bridgehead atoms. The highest BCUT2D eigenvalue weighted by atomic mass is 16.5. The van der Waals surface area contributed by atoms with Crippen LogP contribution >= 0.6 is 0 Å². The highest BCUT2D eigenvalue weighted by Gasteiger charge is 2.33. The second-order valence-electron chi connectivity index (χ2n) is 5.15. The number of aromatic nitrogens is 1. The van der Waals surface area contributed by atoms with Crippen LogP contribution in [0.15, 0.2) is 24.4 Å². The summed E-state index contributed by atoms with van der Waals surface area (Å²) in [5.74, 6) is 0. The van der Waals surface area contributed by atoms with E-state index in [9.17, 15) is 0 Å². The predicted octanol–water partition coefficient (Wildman–Crippen LogP) is 1.97. The van der Waals surface area contributed by atoms with E-state index < -0.39 is 0 Å². The van der Waals surface area contributed by atoms with E-state index in [2.05, 4.69) is 29.8 Å². The van der Waals surface area contributed by atoms with E-state index in [0.29, 0.717) is 6.04 Å². The molecule has 3 atom stereocenters. The van der Waals surface area contributed by atoms with Crippen molar-refractivity contribution in [1.29, 1.82) is 0 Å². The standard InChI is InChI=1S/C15H25N3O/c1-3-12-11-19-10-9-18(12)15(13(16)4-2)14-7-5-6-8-17-14/h5-8,12-13,15H,3-4,9-11,16H2,1-2H3. The summed E-state index contributed by atoms with van der Waals surface area (Å²) in [6.45, 7) is 6.88. The molecule has 1 aromatic heterocycles. The fourth-order valence-electron chi connectivity index (χ4n) is 2.80. The maximum Gasteiger partial charge on any atom is 0.0677 e. The molecule has 0 aliphatic carbocycles. The maximum atomic E-state index is 6.37. The number of pyridine rings is 1. The number of morpholine rings is 1. The van der Waals surface area contributed by atoms with Crippen LogP contribution in [-0.2, 0) is 4.74 Å². The SMILES string of the molecule is CCC(N)C(c1ccccn1)N1CCOCC1CC. The lowest BCUT2D eigenvalue weighted by Gasteiger charge is -2.42. The fourth-order valence-corrected chi connectivity index (χ4v) is 2.80. The van der Waals surface area contributed by atoms with Crippen LogP contribution in [0, 0.1) is 0 Å². The molecule has 106 valence electrons. The highest BCUT2D eigenvalue weighted by Crippen LogP contribution is 2.28. The second-order valence-corrected chi connectivity index (χ2v) is 5.15. The van der Waals surface area contributed by atoms with Crippen LogP contribution in [0.1, 0.15) is 38.4 Å². The lowest BCUT2D eigenvalue weighted by atomic mass is 9.97. The normalized spacial score (nSPS) is 24.1. The van der Waals surface area contributed by atoms with Crippen molar-refractivity contribution in [2.45, 2.75) is 44.8 Å². The molecule has 0 aromatic carbocycles. The van der Waals surface area contributed by atoms with E-state index in [0.717, 1.165) is 38.3 Å². The molecule has 0 radical (unpaired) electrons. The number of nitrogens with two attached hydrogens (primary N) is 1. The van der Waals surface area contributed by atoms with Gasteiger partial charge in [-0.2, -0.15) is 0 Å². The summed E-state index contributed by atoms with van der Waals surface area (Å²) in [5.41, 5.74) is 7.46. The molecule has 2 N–H and O–H groups in total. The van der Waals surface area contributed by atoms with Gasteiger partial charge in [0.25, 0.3) is 0 Å². The van der Waals surface area contributed by atoms with E-state index in [1.807, 2.05) is 18.3 Å². The number of rotatable bonds is 5. The summed E-state index contributed by atoms with van der Waals surface area (Å²) in [5, 5.41) is 0. The Morgan fingerprint density at radius 1 is 1.47 bits per heavy atom. The summed E-state index contributed by atoms with van der Waals surface area (Å²) in [6, 6.07) is 6.83. The van der Waals surface area contributed by atoms with Gasteiger partial charge in [0.15, 0.2) is 0 Å². The Labute approximate surface area is 116 Å². The first kappa shape index (κ1) is 14.4. The topological polar surface area (TPSA) is 51.4 Å². The number of nitrogens with zero attached hydrogens (tertiary/aromatic N) is 2. The molecule has 4 nitrogen and oxygen atoms in total. The fraction of sp³-hybridized carbons (Fsp3) is 0.667. The first-order valence-corrected chi connectivity index (χ1v) is 7.27. The van der Waals surface area contributed by atoms with Crippen molar-refractivity contribution in [2.75, 3.05) is 19.8 Å². The van der Waals surface area contributed by atoms with Gasteiger partial charge < -0.3 is 10.5 Å². The molecule has 4 heteroatoms. The van der Waals surface area contributed by atoms with Gasteiger partial charge in [0.05, 0.1) is 24.9 Å². The zero-order chi connectivity index (χ0) is 13.7. The maximum absolute atomic E-state index is 6.37. The number of hydrogen-bond donors (Lipinski definition) is 1. The van der Waals surface area contributed by atoms with E-state index in [1.54, 1.807) is 0 Å². The summed E-state index contributed by atoms with van der Waals surface area (Å²) in [4.78, 5) is 7.02. The third-order valence-electron chi connectivity index (χ3n) is 3.97. The molecule has 0 saturated carbocycles. The predicted molar refractivity (Wildman–Crippen MR) is 76.8 cm³/mol. The Hall–Kier alpha value is -0.970. The molecule has 19 heavy (non-hydrogen) atoms. The van der Waals surface area contributed by atoms with E-state index in [-0.39, 0.29) is 12.1 Å². The minimum Gasteiger partial charge on any atom is -0.378 e. The Balaban J connectivity index is 2.26. The van der Waals surface area contributed by atoms with Gasteiger partial charge in [-0.1, -0.05) is 19.9 Å². The van der Waals surface area contributed by atoms with Crippen molar-refractivity contribution in [3.63, 3.8) is 0 Å². The lowest BCUT2D eigenvalue weighted by Crippen LogP contribution is -2.51. The Morgan fingerprint density at radius 2 is 2.32 bits per heavy atom. The van der Waals surface area contributed by atoms with Crippen LogP contribution in [0.5, 0.6) is 0 Å². The van der Waals surface area contributed by atoms with Crippen LogP contribution in [0.2, 0.25) is 0 Å². The van der Waals surface area contributed by atoms with E-state index in [1.165, 1.54) is 0 Å². The first-order valence-electron chi connectivity index (χ1n) is 7.27. The van der Waals surface area contributed by atoms with Gasteiger partial charge in [-0.3, -0.25) is 9.88 Å². The molecule has 1 fully saturated rings. The zero-order valence-electron chi connectivity index (χ0n) is 12.0. The summed E-state index contributed by atoms with van der Waals surface area (Å²) in [7, 11) is 0. The van der Waals surface area contributed by atoms with Crippen molar-refractivity contribution in [1.82, 2.24) is 9.88 Å². The molecule has 1 aliphatic heterocycles. The van der Waals surface area contributed by atoms with Gasteiger partial charge in [-0.05, 0) is 25.0 Å². The Bertz CT molecular complexity index is 371. The number of hydrogen-bond acceptors (Lipinski definition) is 4. The monoisotopic (exact) mass is 263 g/mol. The van der Waals surface area contributed by atoms with E-state index in [4.69, 9.17) is 10.5 Å². The van der Waals surface area contributed by atoms with Gasteiger partial charge >= 0.3 is 0 Å². The zero-order valence-corrected chi connectivity index (χ0v) is 12.0. The summed E-state index contributed by atoms with van der Waals surface area (Å²) >= 11 is 0. The third kappa shape index (κ3) is 3.32. The first-order chi connectivity index (χ1) is 9.27. The van der Waals surface area contributed by atoms with Gasteiger partial charge in [-0.25, -0.2) is 0 Å². The van der Waals surface area contributed by atoms with Crippen LogP contribution in [0.25, 0.3) is 0 Å². The van der Waals surface area contributed by atoms with Crippen molar-refractivity contribution in [2.24, 2.45) is 5.73 Å². The molecular formula is C15H25N3O. The summed E-state index contributed by atoms with van der Waals surface area (Å²) < 4.78 is 5.60. The molecule has 0 spiro atoms. The van der Waals surface area contributed by atoms with Crippen LogP contribution in [0.4, 0.5) is 0 Å². The second kappa shape index (κ2) is 6.98. The van der Waals surface area contributed by atoms with E-state index >= 15 is 0 Å². The lowest BCUT2D eigenvalue weighted by molar-refractivity contribution is -0.0371. The van der Waals surface area contributed by atoms with Crippen LogP contribution < -0.4 is 5.73 Å². The van der Waals surface area contributed by atoms with Gasteiger partial charge in [0.1, 0.15) is 0 Å². The van der Waals surface area contributed by atoms with Crippen molar-refractivity contribution < 1.29 is 4.74 Å². The van der Waals surface area contributed by atoms with Gasteiger partial charge in [-0.15, -0.1) is 0 Å². The molecule has 1 saturated heterocycles. The largest absolute Gasteiger partial charge is 0.378 e. The molecule has 2 rings (SSSR count).